The third-order valence-electron chi connectivity index (χ3n) is 5.47. The molecule has 0 saturated carbocycles. The molecule has 0 bridgehead atoms. The van der Waals surface area contributed by atoms with Crippen LogP contribution in [-0.4, -0.2) is 68.2 Å². The van der Waals surface area contributed by atoms with Crippen LogP contribution >= 0.6 is 11.5 Å². The highest BCUT2D eigenvalue weighted by Crippen LogP contribution is 2.28. The summed E-state index contributed by atoms with van der Waals surface area (Å²) in [5, 5.41) is 13.1. The smallest absolute Gasteiger partial charge is 0.341 e. The zero-order valence-corrected chi connectivity index (χ0v) is 19.3. The number of amides is 1. The van der Waals surface area contributed by atoms with E-state index in [0.29, 0.717) is 48.5 Å². The summed E-state index contributed by atoms with van der Waals surface area (Å²) < 4.78 is 10.8. The normalized spacial score (nSPS) is 14.8. The fourth-order valence-corrected chi connectivity index (χ4v) is 4.25. The van der Waals surface area contributed by atoms with Gasteiger partial charge in [-0.15, -0.1) is 0 Å². The van der Waals surface area contributed by atoms with Crippen molar-refractivity contribution in [3.05, 3.63) is 39.9 Å². The summed E-state index contributed by atoms with van der Waals surface area (Å²) in [5.74, 6) is -0.926. The minimum atomic E-state index is -1.32. The topological polar surface area (TPSA) is 140 Å². The van der Waals surface area contributed by atoms with Crippen LogP contribution in [0.15, 0.2) is 23.4 Å². The second-order valence-electron chi connectivity index (χ2n) is 7.94. The third-order valence-corrected chi connectivity index (χ3v) is 6.13. The Bertz CT molecular complexity index is 1250. The quantitative estimate of drug-likeness (QED) is 0.495. The second-order valence-corrected chi connectivity index (χ2v) is 8.70. The van der Waals surface area contributed by atoms with Gasteiger partial charge < -0.3 is 20.1 Å². The van der Waals surface area contributed by atoms with Crippen LogP contribution in [-0.2, 0) is 9.53 Å². The molecule has 1 aliphatic rings. The van der Waals surface area contributed by atoms with Gasteiger partial charge >= 0.3 is 5.97 Å². The Kier molecular flexibility index (Phi) is 6.38. The van der Waals surface area contributed by atoms with Crippen molar-refractivity contribution in [2.75, 3.05) is 31.2 Å². The van der Waals surface area contributed by atoms with Gasteiger partial charge in [0.25, 0.3) is 0 Å². The molecule has 174 valence electrons. The number of nitrogens with zero attached hydrogens (tertiary/aromatic N) is 5. The molecule has 0 radical (unpaired) electrons. The van der Waals surface area contributed by atoms with Gasteiger partial charge in [-0.1, -0.05) is 0 Å². The number of aromatic nitrogens is 4. The lowest BCUT2D eigenvalue weighted by Gasteiger charge is -2.39. The van der Waals surface area contributed by atoms with Crippen molar-refractivity contribution in [3.63, 3.8) is 0 Å². The van der Waals surface area contributed by atoms with Gasteiger partial charge in [0.05, 0.1) is 17.9 Å². The van der Waals surface area contributed by atoms with Gasteiger partial charge in [-0.25, -0.2) is 14.8 Å². The van der Waals surface area contributed by atoms with Crippen LogP contribution < -0.4 is 15.6 Å². The molecule has 1 atom stereocenters. The SMILES string of the molecule is CCOCC(C)NC(=O)C1CN(c2cc(C)c3c(=O)c(C(=O)O)cn(-c4ncns4)c3n2)C1. The van der Waals surface area contributed by atoms with Crippen molar-refractivity contribution >= 4 is 40.3 Å². The van der Waals surface area contributed by atoms with Crippen LogP contribution in [0.3, 0.4) is 0 Å². The average molecular weight is 473 g/mol. The average Bonchev–Trinajstić information content (AvgIpc) is 3.25. The van der Waals surface area contributed by atoms with Crippen LogP contribution in [0.2, 0.25) is 0 Å². The Balaban J connectivity index is 1.63. The fourth-order valence-electron chi connectivity index (χ4n) is 3.74. The second kappa shape index (κ2) is 9.24. The number of nitrogens with one attached hydrogen (secondary N) is 1. The first-order valence-electron chi connectivity index (χ1n) is 10.5. The Hall–Kier alpha value is -3.38. The number of hydrogen-bond donors (Lipinski definition) is 2. The largest absolute Gasteiger partial charge is 0.477 e. The number of rotatable bonds is 8. The highest BCUT2D eigenvalue weighted by molar-refractivity contribution is 7.08. The van der Waals surface area contributed by atoms with Crippen molar-refractivity contribution in [2.45, 2.75) is 26.8 Å². The predicted molar refractivity (Wildman–Crippen MR) is 122 cm³/mol. The van der Waals surface area contributed by atoms with E-state index in [1.165, 1.54) is 17.1 Å². The van der Waals surface area contributed by atoms with Crippen molar-refractivity contribution < 1.29 is 19.4 Å². The van der Waals surface area contributed by atoms with E-state index in [9.17, 15) is 19.5 Å². The molecule has 1 fully saturated rings. The standard InChI is InChI=1S/C21H24N6O5S/c1-4-32-9-12(3)24-19(29)13-6-26(7-13)15-5-11(2)16-17(28)14(20(30)31)8-27(18(16)25-15)21-22-10-23-33-21/h5,8,10,12-13H,4,6-7,9H2,1-3H3,(H,24,29)(H,30,31). The van der Waals surface area contributed by atoms with Crippen LogP contribution in [0.4, 0.5) is 5.82 Å². The highest BCUT2D eigenvalue weighted by Gasteiger charge is 2.34. The summed E-state index contributed by atoms with van der Waals surface area (Å²) in [6.45, 7) is 7.58. The molecule has 3 aromatic heterocycles. The van der Waals surface area contributed by atoms with Gasteiger partial charge in [-0.3, -0.25) is 14.2 Å². The van der Waals surface area contributed by atoms with Crippen LogP contribution in [0.25, 0.3) is 16.2 Å². The van der Waals surface area contributed by atoms with E-state index in [1.807, 2.05) is 18.7 Å². The number of carbonyl (C=O) groups is 2. The summed E-state index contributed by atoms with van der Waals surface area (Å²) in [7, 11) is 0. The van der Waals surface area contributed by atoms with E-state index in [4.69, 9.17) is 4.74 Å². The molecule has 1 aliphatic heterocycles. The molecule has 3 aromatic rings. The van der Waals surface area contributed by atoms with Gasteiger partial charge in [-0.2, -0.15) is 4.37 Å². The summed E-state index contributed by atoms with van der Waals surface area (Å²) in [4.78, 5) is 47.7. The summed E-state index contributed by atoms with van der Waals surface area (Å²) in [6.07, 6.45) is 2.59. The maximum atomic E-state index is 12.9. The van der Waals surface area contributed by atoms with Gasteiger partial charge in [0, 0.05) is 43.5 Å². The molecular formula is C21H24N6O5S. The summed E-state index contributed by atoms with van der Waals surface area (Å²) in [5.41, 5.74) is -0.0641. The van der Waals surface area contributed by atoms with E-state index in [1.54, 1.807) is 13.0 Å². The van der Waals surface area contributed by atoms with Crippen molar-refractivity contribution in [1.82, 2.24) is 24.2 Å². The number of ether oxygens (including phenoxy) is 1. The Morgan fingerprint density at radius 3 is 2.79 bits per heavy atom. The lowest BCUT2D eigenvalue weighted by atomic mass is 9.98. The molecule has 12 heteroatoms. The first kappa shape index (κ1) is 22.8. The van der Waals surface area contributed by atoms with Gasteiger partial charge in [-0.05, 0) is 32.4 Å². The molecule has 0 aromatic carbocycles. The van der Waals surface area contributed by atoms with E-state index in [2.05, 4.69) is 19.7 Å². The molecule has 0 spiro atoms. The van der Waals surface area contributed by atoms with E-state index < -0.39 is 11.4 Å². The molecule has 4 heterocycles. The molecular weight excluding hydrogens is 448 g/mol. The lowest BCUT2D eigenvalue weighted by molar-refractivity contribution is -0.126. The number of fused-ring (bicyclic) bond motifs is 1. The third kappa shape index (κ3) is 4.44. The fraction of sp³-hybridized carbons (Fsp3) is 0.429. The first-order chi connectivity index (χ1) is 15.8. The molecule has 1 saturated heterocycles. The molecule has 0 aliphatic carbocycles. The lowest BCUT2D eigenvalue weighted by Crippen LogP contribution is -2.55. The monoisotopic (exact) mass is 472 g/mol. The highest BCUT2D eigenvalue weighted by atomic mass is 32.1. The van der Waals surface area contributed by atoms with Gasteiger partial charge in [0.15, 0.2) is 5.65 Å². The summed E-state index contributed by atoms with van der Waals surface area (Å²) in [6, 6.07) is 1.67. The number of anilines is 1. The van der Waals surface area contributed by atoms with E-state index in [-0.39, 0.29) is 28.8 Å². The molecule has 11 nitrogen and oxygen atoms in total. The zero-order chi connectivity index (χ0) is 23.7. The van der Waals surface area contributed by atoms with Crippen molar-refractivity contribution in [1.29, 1.82) is 0 Å². The first-order valence-corrected chi connectivity index (χ1v) is 11.3. The molecule has 2 N–H and O–H groups in total. The number of carboxylic acids is 1. The number of carboxylic acid groups (broad SMARTS) is 1. The molecule has 1 amide bonds. The summed E-state index contributed by atoms with van der Waals surface area (Å²) >= 11 is 1.06. The Morgan fingerprint density at radius 1 is 1.39 bits per heavy atom. The Morgan fingerprint density at radius 2 is 2.15 bits per heavy atom. The maximum Gasteiger partial charge on any atom is 0.341 e. The van der Waals surface area contributed by atoms with Gasteiger partial charge in [0.2, 0.25) is 16.5 Å². The predicted octanol–water partition coefficient (Wildman–Crippen LogP) is 1.22. The van der Waals surface area contributed by atoms with E-state index in [0.717, 1.165) is 11.5 Å². The number of aromatic carboxylic acids is 1. The van der Waals surface area contributed by atoms with Crippen molar-refractivity contribution in [2.24, 2.45) is 5.92 Å². The maximum absolute atomic E-state index is 12.9. The number of carbonyl (C=O) groups excluding carboxylic acids is 1. The van der Waals surface area contributed by atoms with Crippen LogP contribution in [0.1, 0.15) is 29.8 Å². The number of aryl methyl sites for hydroxylation is 1. The Labute approximate surface area is 193 Å². The van der Waals surface area contributed by atoms with Crippen LogP contribution in [0.5, 0.6) is 0 Å². The molecule has 4 rings (SSSR count). The number of pyridine rings is 2. The van der Waals surface area contributed by atoms with Crippen LogP contribution in [0, 0.1) is 12.8 Å². The molecule has 33 heavy (non-hydrogen) atoms. The van der Waals surface area contributed by atoms with Gasteiger partial charge in [0.1, 0.15) is 17.7 Å². The minimum absolute atomic E-state index is 0.0344. The number of hydrogen-bond acceptors (Lipinski definition) is 9. The minimum Gasteiger partial charge on any atom is -0.477 e. The van der Waals surface area contributed by atoms with E-state index >= 15 is 0 Å². The van der Waals surface area contributed by atoms with Crippen molar-refractivity contribution in [3.8, 4) is 5.13 Å². The molecule has 1 unspecified atom stereocenters. The zero-order valence-electron chi connectivity index (χ0n) is 18.4.